The van der Waals surface area contributed by atoms with E-state index < -0.39 is 18.0 Å². The Morgan fingerprint density at radius 1 is 1.05 bits per heavy atom. The molecule has 1 amide bonds. The van der Waals surface area contributed by atoms with Gasteiger partial charge in [0.2, 0.25) is 5.91 Å². The number of hydrogen-bond donors (Lipinski definition) is 1. The summed E-state index contributed by atoms with van der Waals surface area (Å²) in [6.45, 7) is 2.21. The third kappa shape index (κ3) is 7.83. The van der Waals surface area contributed by atoms with Gasteiger partial charge in [0.05, 0.1) is 6.42 Å². The summed E-state index contributed by atoms with van der Waals surface area (Å²) < 4.78 is 4.38. The lowest BCUT2D eigenvalue weighted by molar-refractivity contribution is -0.153. The van der Waals surface area contributed by atoms with Crippen LogP contribution in [-0.4, -0.2) is 23.9 Å². The van der Waals surface area contributed by atoms with E-state index in [1.165, 1.54) is 38.5 Å². The maximum absolute atomic E-state index is 11.6. The van der Waals surface area contributed by atoms with Crippen molar-refractivity contribution in [1.82, 2.24) is 5.32 Å². The van der Waals surface area contributed by atoms with Gasteiger partial charge in [-0.05, 0) is 6.42 Å². The van der Waals surface area contributed by atoms with Gasteiger partial charge in [-0.3, -0.25) is 9.59 Å². The van der Waals surface area contributed by atoms with Gasteiger partial charge >= 0.3 is 11.9 Å². The second-order valence-corrected chi connectivity index (χ2v) is 5.70. The molecule has 1 heterocycles. The van der Waals surface area contributed by atoms with Crippen molar-refractivity contribution in [3.05, 3.63) is 0 Å². The van der Waals surface area contributed by atoms with E-state index in [-0.39, 0.29) is 12.3 Å². The van der Waals surface area contributed by atoms with E-state index in [0.717, 1.165) is 19.3 Å². The maximum atomic E-state index is 11.6. The van der Waals surface area contributed by atoms with Gasteiger partial charge in [0.25, 0.3) is 0 Å². The van der Waals surface area contributed by atoms with E-state index in [9.17, 15) is 14.4 Å². The van der Waals surface area contributed by atoms with Gasteiger partial charge in [-0.2, -0.15) is 0 Å². The average molecular weight is 297 g/mol. The Bertz CT molecular complexity index is 354. The van der Waals surface area contributed by atoms with Gasteiger partial charge in [-0.1, -0.05) is 58.3 Å². The van der Waals surface area contributed by atoms with Crippen LogP contribution < -0.4 is 5.32 Å². The fraction of sp³-hybridized carbons (Fsp3) is 0.812. The molecule has 0 aromatic heterocycles. The first-order valence-electron chi connectivity index (χ1n) is 8.17. The minimum absolute atomic E-state index is 0.0394. The predicted molar refractivity (Wildman–Crippen MR) is 79.5 cm³/mol. The van der Waals surface area contributed by atoms with Crippen molar-refractivity contribution in [3.63, 3.8) is 0 Å². The molecule has 0 aromatic rings. The summed E-state index contributed by atoms with van der Waals surface area (Å²) in [7, 11) is 0. The highest BCUT2D eigenvalue weighted by molar-refractivity contribution is 5.98. The molecule has 0 aromatic carbocycles. The Kier molecular flexibility index (Phi) is 8.71. The van der Waals surface area contributed by atoms with Crippen LogP contribution >= 0.6 is 0 Å². The van der Waals surface area contributed by atoms with E-state index in [1.807, 2.05) is 0 Å². The van der Waals surface area contributed by atoms with Crippen LogP contribution in [-0.2, 0) is 19.1 Å². The highest BCUT2D eigenvalue weighted by Gasteiger charge is 2.34. The average Bonchev–Trinajstić information content (AvgIpc) is 2.75. The molecule has 5 nitrogen and oxygen atoms in total. The van der Waals surface area contributed by atoms with Crippen molar-refractivity contribution < 1.29 is 19.1 Å². The van der Waals surface area contributed by atoms with E-state index in [1.54, 1.807) is 0 Å². The van der Waals surface area contributed by atoms with Crippen LogP contribution in [0.2, 0.25) is 0 Å². The molecule has 5 heteroatoms. The second-order valence-electron chi connectivity index (χ2n) is 5.70. The Morgan fingerprint density at radius 3 is 2.14 bits per heavy atom. The maximum Gasteiger partial charge on any atom is 0.336 e. The van der Waals surface area contributed by atoms with Crippen molar-refractivity contribution in [2.24, 2.45) is 0 Å². The van der Waals surface area contributed by atoms with E-state index in [4.69, 9.17) is 0 Å². The number of rotatable bonds is 11. The molecule has 120 valence electrons. The van der Waals surface area contributed by atoms with Gasteiger partial charge in [0.1, 0.15) is 6.04 Å². The van der Waals surface area contributed by atoms with Crippen LogP contribution in [0.4, 0.5) is 0 Å². The number of nitrogens with one attached hydrogen (secondary N) is 1. The highest BCUT2D eigenvalue weighted by atomic mass is 16.6. The highest BCUT2D eigenvalue weighted by Crippen LogP contribution is 2.11. The van der Waals surface area contributed by atoms with Crippen LogP contribution in [0.1, 0.15) is 77.6 Å². The number of ether oxygens (including phenoxy) is 1. The SMILES string of the molecule is CCCCCCCCCCCC(=O)NC1CC(=O)OC1=O. The summed E-state index contributed by atoms with van der Waals surface area (Å²) >= 11 is 0. The monoisotopic (exact) mass is 297 g/mol. The summed E-state index contributed by atoms with van der Waals surface area (Å²) in [6.07, 6.45) is 11.1. The molecule has 1 N–H and O–H groups in total. The molecule has 0 saturated carbocycles. The normalized spacial score (nSPS) is 17.9. The quantitative estimate of drug-likeness (QED) is 0.361. The third-order valence-corrected chi connectivity index (χ3v) is 3.71. The number of cyclic esters (lactones) is 2. The van der Waals surface area contributed by atoms with Crippen LogP contribution in [0.25, 0.3) is 0 Å². The predicted octanol–water partition coefficient (Wildman–Crippen LogP) is 2.87. The number of esters is 2. The van der Waals surface area contributed by atoms with Crippen LogP contribution in [0.5, 0.6) is 0 Å². The van der Waals surface area contributed by atoms with Gasteiger partial charge in [-0.25, -0.2) is 4.79 Å². The van der Waals surface area contributed by atoms with E-state index in [2.05, 4.69) is 17.0 Å². The Hall–Kier alpha value is -1.39. The number of carbonyl (C=O) groups excluding carboxylic acids is 3. The zero-order valence-electron chi connectivity index (χ0n) is 13.0. The zero-order valence-corrected chi connectivity index (χ0v) is 13.0. The lowest BCUT2D eigenvalue weighted by atomic mass is 10.1. The van der Waals surface area contributed by atoms with Crippen LogP contribution in [0.3, 0.4) is 0 Å². The van der Waals surface area contributed by atoms with Crippen LogP contribution in [0, 0.1) is 0 Å². The summed E-state index contributed by atoms with van der Waals surface area (Å²) in [5.41, 5.74) is 0. The third-order valence-electron chi connectivity index (χ3n) is 3.71. The molecule has 0 aliphatic carbocycles. The molecular weight excluding hydrogens is 270 g/mol. The molecule has 1 aliphatic rings. The van der Waals surface area contributed by atoms with Gasteiger partial charge < -0.3 is 10.1 Å². The summed E-state index contributed by atoms with van der Waals surface area (Å²) in [5, 5.41) is 2.55. The van der Waals surface area contributed by atoms with Crippen molar-refractivity contribution in [2.45, 2.75) is 83.6 Å². The first-order valence-corrected chi connectivity index (χ1v) is 8.17. The van der Waals surface area contributed by atoms with Crippen molar-refractivity contribution in [3.8, 4) is 0 Å². The molecule has 1 unspecified atom stereocenters. The molecule has 1 saturated heterocycles. The smallest absolute Gasteiger partial charge is 0.336 e. The molecule has 1 aliphatic heterocycles. The molecule has 1 rings (SSSR count). The lowest BCUT2D eigenvalue weighted by Gasteiger charge is -2.07. The van der Waals surface area contributed by atoms with E-state index >= 15 is 0 Å². The Morgan fingerprint density at radius 2 is 1.62 bits per heavy atom. The van der Waals surface area contributed by atoms with Gasteiger partial charge in [0, 0.05) is 6.42 Å². The van der Waals surface area contributed by atoms with E-state index in [0.29, 0.717) is 6.42 Å². The van der Waals surface area contributed by atoms with Crippen molar-refractivity contribution >= 4 is 17.8 Å². The topological polar surface area (TPSA) is 72.5 Å². The molecule has 0 radical (unpaired) electrons. The number of carbonyl (C=O) groups is 3. The first kappa shape index (κ1) is 17.7. The second kappa shape index (κ2) is 10.4. The summed E-state index contributed by atoms with van der Waals surface area (Å²) in [5.74, 6) is -1.37. The van der Waals surface area contributed by atoms with Gasteiger partial charge in [0.15, 0.2) is 0 Å². The largest absolute Gasteiger partial charge is 0.392 e. The molecule has 1 fully saturated rings. The Labute approximate surface area is 126 Å². The molecular formula is C16H27NO4. The zero-order chi connectivity index (χ0) is 15.5. The molecule has 1 atom stereocenters. The van der Waals surface area contributed by atoms with Crippen LogP contribution in [0.15, 0.2) is 0 Å². The summed E-state index contributed by atoms with van der Waals surface area (Å²) in [6, 6.07) is -0.774. The first-order chi connectivity index (χ1) is 10.1. The lowest BCUT2D eigenvalue weighted by Crippen LogP contribution is -2.37. The number of unbranched alkanes of at least 4 members (excludes halogenated alkanes) is 8. The fourth-order valence-corrected chi connectivity index (χ4v) is 2.45. The summed E-state index contributed by atoms with van der Waals surface area (Å²) in [4.78, 5) is 33.7. The fourth-order valence-electron chi connectivity index (χ4n) is 2.45. The molecule has 0 bridgehead atoms. The molecule has 21 heavy (non-hydrogen) atoms. The van der Waals surface area contributed by atoms with Crippen molar-refractivity contribution in [1.29, 1.82) is 0 Å². The number of amides is 1. The van der Waals surface area contributed by atoms with Crippen molar-refractivity contribution in [2.75, 3.05) is 0 Å². The Balaban J connectivity index is 1.94. The number of hydrogen-bond acceptors (Lipinski definition) is 4. The minimum Gasteiger partial charge on any atom is -0.392 e. The standard InChI is InChI=1S/C16H27NO4/c1-2-3-4-5-6-7-8-9-10-11-14(18)17-13-12-15(19)21-16(13)20/h13H,2-12H2,1H3,(H,17,18). The van der Waals surface area contributed by atoms with Gasteiger partial charge in [-0.15, -0.1) is 0 Å². The minimum atomic E-state index is -0.774. The molecule has 0 spiro atoms.